The van der Waals surface area contributed by atoms with Crippen LogP contribution in [0.4, 0.5) is 16.2 Å². The van der Waals surface area contributed by atoms with Crippen molar-refractivity contribution in [2.45, 2.75) is 64.1 Å². The minimum atomic E-state index is -0.486. The minimum absolute atomic E-state index is 0.0471. The first-order chi connectivity index (χ1) is 21.7. The van der Waals surface area contributed by atoms with Gasteiger partial charge in [0.05, 0.1) is 30.0 Å². The largest absolute Gasteiger partial charge is 0.451 e. The summed E-state index contributed by atoms with van der Waals surface area (Å²) in [5.41, 5.74) is 2.13. The number of ether oxygens (including phenoxy) is 3. The highest BCUT2D eigenvalue weighted by atomic mass is 16.7. The maximum Gasteiger partial charge on any atom is 0.410 e. The van der Waals surface area contributed by atoms with Crippen LogP contribution in [-0.4, -0.2) is 85.8 Å². The molecule has 234 valence electrons. The molecule has 5 heterocycles. The van der Waals surface area contributed by atoms with Gasteiger partial charge in [0.1, 0.15) is 16.8 Å². The van der Waals surface area contributed by atoms with Gasteiger partial charge < -0.3 is 24.4 Å². The monoisotopic (exact) mass is 612 g/mol. The molecule has 1 saturated carbocycles. The topological polar surface area (TPSA) is 120 Å². The number of aromatic nitrogens is 4. The Morgan fingerprint density at radius 3 is 2.49 bits per heavy atom. The molecule has 4 aromatic rings. The summed E-state index contributed by atoms with van der Waals surface area (Å²) in [5, 5.41) is 13.0. The molecule has 2 aliphatic heterocycles. The van der Waals surface area contributed by atoms with E-state index in [1.807, 2.05) is 42.6 Å². The lowest BCUT2D eigenvalue weighted by Crippen LogP contribution is -2.53. The average molecular weight is 613 g/mol. The summed E-state index contributed by atoms with van der Waals surface area (Å²) in [4.78, 5) is 33.5. The third-order valence-electron chi connectivity index (χ3n) is 8.75. The van der Waals surface area contributed by atoms with Gasteiger partial charge >= 0.3 is 6.09 Å². The molecule has 1 N–H and O–H groups in total. The Morgan fingerprint density at radius 1 is 1.02 bits per heavy atom. The molecule has 1 saturated heterocycles. The highest BCUT2D eigenvalue weighted by Gasteiger charge is 2.33. The third-order valence-corrected chi connectivity index (χ3v) is 8.75. The zero-order chi connectivity index (χ0) is 31.3. The number of nitrogens with zero attached hydrogens (tertiary/aromatic N) is 7. The molecule has 13 heteroatoms. The number of amides is 2. The molecule has 0 spiro atoms. The number of anilines is 1. The molecule has 1 aliphatic carbocycles. The molecule has 1 aromatic carbocycles. The molecule has 0 unspecified atom stereocenters. The van der Waals surface area contributed by atoms with Crippen molar-refractivity contribution < 1.29 is 23.8 Å². The highest BCUT2D eigenvalue weighted by Crippen LogP contribution is 2.45. The van der Waals surface area contributed by atoms with E-state index in [1.54, 1.807) is 18.2 Å². The minimum Gasteiger partial charge on any atom is -0.451 e. The van der Waals surface area contributed by atoms with E-state index in [4.69, 9.17) is 25.9 Å². The second kappa shape index (κ2) is 11.3. The third kappa shape index (κ3) is 5.62. The van der Waals surface area contributed by atoms with Crippen molar-refractivity contribution >= 4 is 39.8 Å². The van der Waals surface area contributed by atoms with Gasteiger partial charge in [-0.2, -0.15) is 10.2 Å². The fourth-order valence-corrected chi connectivity index (χ4v) is 6.53. The van der Waals surface area contributed by atoms with Gasteiger partial charge in [-0.3, -0.25) is 14.4 Å². The van der Waals surface area contributed by atoms with Crippen LogP contribution in [0.25, 0.3) is 21.3 Å². The van der Waals surface area contributed by atoms with Crippen molar-refractivity contribution in [3.05, 3.63) is 53.8 Å². The zero-order valence-corrected chi connectivity index (χ0v) is 25.7. The fraction of sp³-hybridized carbons (Fsp3) is 0.469. The molecule has 0 radical (unpaired) electrons. The summed E-state index contributed by atoms with van der Waals surface area (Å²) in [6.45, 7) is 16.0. The van der Waals surface area contributed by atoms with Crippen molar-refractivity contribution in [3.8, 4) is 11.5 Å². The van der Waals surface area contributed by atoms with Crippen LogP contribution in [0, 0.1) is 6.57 Å². The number of fused-ring (bicyclic) bond motifs is 4. The number of rotatable bonds is 4. The first kappa shape index (κ1) is 28.9. The van der Waals surface area contributed by atoms with E-state index in [-0.39, 0.29) is 24.8 Å². The number of nitrogens with one attached hydrogen (secondary N) is 1. The molecule has 7 rings (SSSR count). The molecule has 0 atom stereocenters. The van der Waals surface area contributed by atoms with Gasteiger partial charge in [-0.05, 0) is 70.7 Å². The molecule has 45 heavy (non-hydrogen) atoms. The molecular weight excluding hydrogens is 576 g/mol. The number of hydrogen-bond donors (Lipinski definition) is 1. The van der Waals surface area contributed by atoms with Crippen molar-refractivity contribution in [2.75, 3.05) is 38.3 Å². The van der Waals surface area contributed by atoms with E-state index in [2.05, 4.69) is 20.2 Å². The predicted octanol–water partition coefficient (Wildman–Crippen LogP) is 5.25. The van der Waals surface area contributed by atoms with E-state index in [1.165, 1.54) is 10.7 Å². The van der Waals surface area contributed by atoms with Crippen LogP contribution >= 0.6 is 0 Å². The highest BCUT2D eigenvalue weighted by molar-refractivity contribution is 6.07. The summed E-state index contributed by atoms with van der Waals surface area (Å²) < 4.78 is 20.7. The lowest BCUT2D eigenvalue weighted by atomic mass is 9.90. The molecule has 3 aliphatic rings. The number of benzene rings is 1. The Morgan fingerprint density at radius 2 is 1.76 bits per heavy atom. The number of carbonyl (C=O) groups is 2. The summed E-state index contributed by atoms with van der Waals surface area (Å²) in [5.74, 6) is 0.630. The SMILES string of the molecule is [C-]#[N+]c1cnn2c(C(=O)Nc3cc4cn(C5CCC(N6CCN(C(=O)OC(C)(C)C)CC6)CC5)nc4c4c3OCO4)ccc2c1. The van der Waals surface area contributed by atoms with Crippen molar-refractivity contribution in [1.82, 2.24) is 29.2 Å². The summed E-state index contributed by atoms with van der Waals surface area (Å²) in [7, 11) is 0. The maximum atomic E-state index is 13.3. The van der Waals surface area contributed by atoms with Gasteiger partial charge in [0, 0.05) is 43.8 Å². The maximum absolute atomic E-state index is 13.3. The lowest BCUT2D eigenvalue weighted by molar-refractivity contribution is 0.00721. The van der Waals surface area contributed by atoms with E-state index in [0.717, 1.165) is 44.2 Å². The Kier molecular flexibility index (Phi) is 7.24. The Balaban J connectivity index is 1.02. The van der Waals surface area contributed by atoms with Gasteiger partial charge in [-0.25, -0.2) is 14.2 Å². The van der Waals surface area contributed by atoms with Crippen LogP contribution in [0.15, 0.2) is 36.7 Å². The Labute approximate surface area is 260 Å². The van der Waals surface area contributed by atoms with Crippen LogP contribution < -0.4 is 14.8 Å². The van der Waals surface area contributed by atoms with E-state index in [0.29, 0.717) is 58.7 Å². The van der Waals surface area contributed by atoms with Gasteiger partial charge in [0.25, 0.3) is 5.91 Å². The zero-order valence-electron chi connectivity index (χ0n) is 25.7. The molecule has 0 bridgehead atoms. The van der Waals surface area contributed by atoms with E-state index >= 15 is 0 Å². The molecule has 3 aromatic heterocycles. The number of hydrogen-bond acceptors (Lipinski definition) is 8. The second-order valence-electron chi connectivity index (χ2n) is 12.8. The molecular formula is C32H36N8O5. The average Bonchev–Trinajstić information content (AvgIpc) is 3.78. The van der Waals surface area contributed by atoms with Gasteiger partial charge in [0.2, 0.25) is 12.5 Å². The number of carbonyl (C=O) groups excluding carboxylic acids is 2. The molecule has 2 fully saturated rings. The predicted molar refractivity (Wildman–Crippen MR) is 166 cm³/mol. The smallest absolute Gasteiger partial charge is 0.410 e. The summed E-state index contributed by atoms with van der Waals surface area (Å²) >= 11 is 0. The van der Waals surface area contributed by atoms with Gasteiger partial charge in [-0.1, -0.05) is 0 Å². The van der Waals surface area contributed by atoms with Crippen LogP contribution in [0.5, 0.6) is 11.5 Å². The first-order valence-electron chi connectivity index (χ1n) is 15.4. The second-order valence-corrected chi connectivity index (χ2v) is 12.8. The van der Waals surface area contributed by atoms with Crippen molar-refractivity contribution in [2.24, 2.45) is 0 Å². The van der Waals surface area contributed by atoms with Crippen LogP contribution in [-0.2, 0) is 4.74 Å². The van der Waals surface area contributed by atoms with Crippen molar-refractivity contribution in [1.29, 1.82) is 0 Å². The molecule has 2 amide bonds. The van der Waals surface area contributed by atoms with Crippen LogP contribution in [0.3, 0.4) is 0 Å². The van der Waals surface area contributed by atoms with Gasteiger partial charge in [0.15, 0.2) is 11.5 Å². The quantitative estimate of drug-likeness (QED) is 0.311. The first-order valence-corrected chi connectivity index (χ1v) is 15.4. The van der Waals surface area contributed by atoms with Gasteiger partial charge in [-0.15, -0.1) is 0 Å². The number of piperazine rings is 1. The summed E-state index contributed by atoms with van der Waals surface area (Å²) in [6.07, 6.45) is 7.34. The molecule has 13 nitrogen and oxygen atoms in total. The van der Waals surface area contributed by atoms with E-state index in [9.17, 15) is 9.59 Å². The fourth-order valence-electron chi connectivity index (χ4n) is 6.53. The normalized spacial score (nSPS) is 20.4. The lowest BCUT2D eigenvalue weighted by Gasteiger charge is -2.42. The van der Waals surface area contributed by atoms with Crippen LogP contribution in [0.1, 0.15) is 63.0 Å². The van der Waals surface area contributed by atoms with Crippen molar-refractivity contribution in [3.63, 3.8) is 0 Å². The van der Waals surface area contributed by atoms with E-state index < -0.39 is 5.60 Å². The Bertz CT molecular complexity index is 1820. The summed E-state index contributed by atoms with van der Waals surface area (Å²) in [6, 6.07) is 7.74. The van der Waals surface area contributed by atoms with Crippen LogP contribution in [0.2, 0.25) is 0 Å². The Hall–Kier alpha value is -4.83. The standard InChI is InChI=1S/C32H36N8O5/c1-32(2,3)45-31(42)38-13-11-37(12-14-38)22-5-7-23(8-6-22)39-18-20-15-25(28-29(27(20)36-39)44-19-43-28)35-30(41)26-10-9-24-16-21(33-4)17-34-40(24)26/h9-10,15-18,22-23H,5-8,11-14,19H2,1-3H3,(H,35,41).